The average Bonchev–Trinajstić information content (AvgIpc) is 3.32. The van der Waals surface area contributed by atoms with Crippen LogP contribution in [0.3, 0.4) is 0 Å². The summed E-state index contributed by atoms with van der Waals surface area (Å²) in [6.07, 6.45) is 7.00. The van der Waals surface area contributed by atoms with Crippen LogP contribution in [0.25, 0.3) is 0 Å². The van der Waals surface area contributed by atoms with E-state index in [0.29, 0.717) is 12.6 Å². The van der Waals surface area contributed by atoms with Crippen LogP contribution in [0.1, 0.15) is 50.7 Å². The number of nitrogens with one attached hydrogen (secondary N) is 2. The Balaban J connectivity index is 1.34. The van der Waals surface area contributed by atoms with E-state index in [1.54, 1.807) is 0 Å². The second-order valence-electron chi connectivity index (χ2n) is 7.55. The van der Waals surface area contributed by atoms with E-state index in [2.05, 4.69) is 54.7 Å². The number of rotatable bonds is 5. The molecule has 8 heteroatoms. The molecule has 0 unspecified atom stereocenters. The van der Waals surface area contributed by atoms with Gasteiger partial charge in [-0.05, 0) is 50.1 Å². The Morgan fingerprint density at radius 2 is 2.11 bits per heavy atom. The molecule has 2 aliphatic heterocycles. The number of hydrogen-bond donors (Lipinski definition) is 2. The summed E-state index contributed by atoms with van der Waals surface area (Å²) in [5, 5.41) is 19.4. The van der Waals surface area contributed by atoms with E-state index < -0.39 is 0 Å². The van der Waals surface area contributed by atoms with Crippen LogP contribution < -0.4 is 15.5 Å². The van der Waals surface area contributed by atoms with Crippen LogP contribution in [0.4, 0.5) is 5.00 Å². The fourth-order valence-electron chi connectivity index (χ4n) is 4.02. The minimum atomic E-state index is 0.463. The van der Waals surface area contributed by atoms with Crippen molar-refractivity contribution in [3.63, 3.8) is 0 Å². The molecule has 0 spiro atoms. The van der Waals surface area contributed by atoms with Crippen molar-refractivity contribution in [1.29, 1.82) is 0 Å². The summed E-state index contributed by atoms with van der Waals surface area (Å²) >= 11 is 1.83. The zero-order valence-electron chi connectivity index (χ0n) is 16.7. The van der Waals surface area contributed by atoms with Crippen LogP contribution in [-0.4, -0.2) is 46.4 Å². The van der Waals surface area contributed by atoms with Crippen molar-refractivity contribution in [2.45, 2.75) is 64.6 Å². The molecule has 0 saturated carbocycles. The molecule has 0 aromatic carbocycles. The molecule has 0 bridgehead atoms. The van der Waals surface area contributed by atoms with Crippen molar-refractivity contribution >= 4 is 22.3 Å². The highest BCUT2D eigenvalue weighted by molar-refractivity contribution is 7.14. The van der Waals surface area contributed by atoms with E-state index in [0.717, 1.165) is 63.0 Å². The molecule has 4 heterocycles. The van der Waals surface area contributed by atoms with Gasteiger partial charge in [0.15, 0.2) is 11.8 Å². The first-order chi connectivity index (χ1) is 13.8. The van der Waals surface area contributed by atoms with Gasteiger partial charge in [-0.15, -0.1) is 21.5 Å². The van der Waals surface area contributed by atoms with Gasteiger partial charge in [0.2, 0.25) is 0 Å². The molecule has 4 rings (SSSR count). The first-order valence-electron chi connectivity index (χ1n) is 10.6. The lowest BCUT2D eigenvalue weighted by molar-refractivity contribution is 0.462. The van der Waals surface area contributed by atoms with Crippen molar-refractivity contribution in [2.75, 3.05) is 24.5 Å². The van der Waals surface area contributed by atoms with Gasteiger partial charge in [0.05, 0.1) is 5.00 Å². The Hall–Kier alpha value is -2.09. The normalized spacial score (nSPS) is 18.6. The lowest BCUT2D eigenvalue weighted by Crippen LogP contribution is -2.48. The molecule has 2 aromatic rings. The number of fused-ring (bicyclic) bond motifs is 1. The first-order valence-corrected chi connectivity index (χ1v) is 11.5. The van der Waals surface area contributed by atoms with Crippen molar-refractivity contribution < 1.29 is 0 Å². The van der Waals surface area contributed by atoms with Crippen LogP contribution in [0.2, 0.25) is 0 Å². The zero-order valence-corrected chi connectivity index (χ0v) is 17.5. The average molecular weight is 402 g/mol. The number of guanidine groups is 1. The molecule has 152 valence electrons. The highest BCUT2D eigenvalue weighted by Crippen LogP contribution is 2.24. The van der Waals surface area contributed by atoms with Crippen LogP contribution in [0.15, 0.2) is 22.5 Å². The summed E-state index contributed by atoms with van der Waals surface area (Å²) < 4.78 is 2.28. The van der Waals surface area contributed by atoms with E-state index in [4.69, 9.17) is 4.99 Å². The fraction of sp³-hybridized carbons (Fsp3) is 0.650. The van der Waals surface area contributed by atoms with Gasteiger partial charge >= 0.3 is 0 Å². The third-order valence-corrected chi connectivity index (χ3v) is 6.49. The number of anilines is 1. The molecule has 28 heavy (non-hydrogen) atoms. The third kappa shape index (κ3) is 4.66. The molecule has 7 nitrogen and oxygen atoms in total. The Morgan fingerprint density at radius 1 is 1.21 bits per heavy atom. The van der Waals surface area contributed by atoms with Gasteiger partial charge in [-0.3, -0.25) is 0 Å². The first kappa shape index (κ1) is 19.2. The van der Waals surface area contributed by atoms with Gasteiger partial charge in [-0.25, -0.2) is 4.99 Å². The second kappa shape index (κ2) is 9.41. The second-order valence-corrected chi connectivity index (χ2v) is 8.47. The Bertz CT molecular complexity index is 760. The number of hydrogen-bond acceptors (Lipinski definition) is 5. The van der Waals surface area contributed by atoms with Crippen molar-refractivity contribution in [1.82, 2.24) is 25.4 Å². The van der Waals surface area contributed by atoms with Gasteiger partial charge in [0, 0.05) is 38.6 Å². The van der Waals surface area contributed by atoms with E-state index in [-0.39, 0.29) is 0 Å². The van der Waals surface area contributed by atoms with E-state index in [9.17, 15) is 0 Å². The van der Waals surface area contributed by atoms with Crippen LogP contribution in [0, 0.1) is 0 Å². The standard InChI is InChI=1S/C20H31N7S/c1-2-21-20(22-15-18-25-24-17-7-4-3-5-11-27(17)18)23-16-9-12-26(13-10-16)19-8-6-14-28-19/h6,8,14,16H,2-5,7,9-13,15H2,1H3,(H2,21,22,23). The summed E-state index contributed by atoms with van der Waals surface area (Å²) in [4.78, 5) is 7.30. The Morgan fingerprint density at radius 3 is 2.89 bits per heavy atom. The van der Waals surface area contributed by atoms with Gasteiger partial charge in [-0.2, -0.15) is 0 Å². The summed E-state index contributed by atoms with van der Waals surface area (Å²) in [5.41, 5.74) is 0. The minimum absolute atomic E-state index is 0.463. The predicted molar refractivity (Wildman–Crippen MR) is 115 cm³/mol. The highest BCUT2D eigenvalue weighted by atomic mass is 32.1. The number of aryl methyl sites for hydroxylation is 1. The largest absolute Gasteiger partial charge is 0.363 e. The monoisotopic (exact) mass is 401 g/mol. The molecule has 0 amide bonds. The number of piperidine rings is 1. The lowest BCUT2D eigenvalue weighted by Gasteiger charge is -2.33. The van der Waals surface area contributed by atoms with Gasteiger partial charge in [0.25, 0.3) is 0 Å². The maximum Gasteiger partial charge on any atom is 0.191 e. The third-order valence-electron chi connectivity index (χ3n) is 5.56. The Kier molecular flexibility index (Phi) is 6.46. The minimum Gasteiger partial charge on any atom is -0.363 e. The highest BCUT2D eigenvalue weighted by Gasteiger charge is 2.21. The van der Waals surface area contributed by atoms with Crippen LogP contribution in [-0.2, 0) is 19.5 Å². The zero-order chi connectivity index (χ0) is 19.2. The Labute approximate surface area is 171 Å². The number of aromatic nitrogens is 3. The van der Waals surface area contributed by atoms with Gasteiger partial charge in [-0.1, -0.05) is 6.42 Å². The van der Waals surface area contributed by atoms with E-state index in [1.165, 1.54) is 24.3 Å². The van der Waals surface area contributed by atoms with E-state index >= 15 is 0 Å². The summed E-state index contributed by atoms with van der Waals surface area (Å²) in [5.74, 6) is 3.01. The summed E-state index contributed by atoms with van der Waals surface area (Å²) in [7, 11) is 0. The van der Waals surface area contributed by atoms with E-state index in [1.807, 2.05) is 11.3 Å². The molecule has 0 atom stereocenters. The molecule has 0 radical (unpaired) electrons. The van der Waals surface area contributed by atoms with Crippen molar-refractivity contribution in [3.05, 3.63) is 29.2 Å². The smallest absolute Gasteiger partial charge is 0.191 e. The molecular weight excluding hydrogens is 370 g/mol. The topological polar surface area (TPSA) is 70.4 Å². The molecule has 2 aromatic heterocycles. The van der Waals surface area contributed by atoms with Gasteiger partial charge < -0.3 is 20.1 Å². The molecule has 0 aliphatic carbocycles. The lowest BCUT2D eigenvalue weighted by atomic mass is 10.1. The maximum absolute atomic E-state index is 4.82. The maximum atomic E-state index is 4.82. The van der Waals surface area contributed by atoms with Crippen molar-refractivity contribution in [2.24, 2.45) is 4.99 Å². The molecule has 2 N–H and O–H groups in total. The molecule has 1 saturated heterocycles. The summed E-state index contributed by atoms with van der Waals surface area (Å²) in [6.45, 7) is 6.76. The molecule has 2 aliphatic rings. The van der Waals surface area contributed by atoms with Crippen molar-refractivity contribution in [3.8, 4) is 0 Å². The number of aliphatic imine (C=N–C) groups is 1. The number of nitrogens with zero attached hydrogens (tertiary/aromatic N) is 5. The number of thiophene rings is 1. The fourth-order valence-corrected chi connectivity index (χ4v) is 4.80. The SMILES string of the molecule is CCNC(=NCc1nnc2n1CCCCC2)NC1CCN(c2cccs2)CC1. The van der Waals surface area contributed by atoms with Crippen LogP contribution in [0.5, 0.6) is 0 Å². The van der Waals surface area contributed by atoms with Gasteiger partial charge in [0.1, 0.15) is 12.4 Å². The summed E-state index contributed by atoms with van der Waals surface area (Å²) in [6, 6.07) is 4.81. The molecular formula is C20H31N7S. The van der Waals surface area contributed by atoms with Crippen LogP contribution >= 0.6 is 11.3 Å². The molecule has 1 fully saturated rings. The quantitative estimate of drug-likeness (QED) is 0.596. The predicted octanol–water partition coefficient (Wildman–Crippen LogP) is 2.79.